The van der Waals surface area contributed by atoms with Gasteiger partial charge < -0.3 is 4.74 Å². The number of rotatable bonds is 6. The maximum atomic E-state index is 11.9. The number of hydrogen-bond acceptors (Lipinski definition) is 5. The summed E-state index contributed by atoms with van der Waals surface area (Å²) in [7, 11) is 0. The minimum absolute atomic E-state index is 0.0505. The number of carbonyl (C=O) groups is 2. The van der Waals surface area contributed by atoms with Crippen LogP contribution in [0.4, 0.5) is 5.13 Å². The first kappa shape index (κ1) is 16.9. The molecule has 0 fully saturated rings. The van der Waals surface area contributed by atoms with Gasteiger partial charge in [-0.15, -0.1) is 0 Å². The molecule has 0 aliphatic carbocycles. The normalized spacial score (nSPS) is 10.7. The summed E-state index contributed by atoms with van der Waals surface area (Å²) in [6, 6.07) is 7.45. The molecule has 0 bridgehead atoms. The number of thiazole rings is 1. The average molecular weight is 330 g/mol. The first-order valence-electron chi connectivity index (χ1n) is 7.20. The standard InChI is InChI=1S/C17H18N2O3S/c1-4-22-14-8-5-13(6-9-14)7-10-15(21)19-17-18-11(2)16(23-17)12(3)20/h5-10H,4H2,1-3H3,(H,18,19,21)/b10-7+. The molecule has 1 aromatic heterocycles. The fourth-order valence-corrected chi connectivity index (χ4v) is 2.80. The molecule has 0 unspecified atom stereocenters. The van der Waals surface area contributed by atoms with Crippen LogP contribution in [0.2, 0.25) is 0 Å². The topological polar surface area (TPSA) is 68.3 Å². The molecule has 0 aliphatic heterocycles. The number of Topliss-reactive ketones (excluding diaryl/α,β-unsaturated/α-hetero) is 1. The molecule has 1 amide bonds. The molecule has 0 saturated carbocycles. The SMILES string of the molecule is CCOc1ccc(/C=C/C(=O)Nc2nc(C)c(C(C)=O)s2)cc1. The number of nitrogens with zero attached hydrogens (tertiary/aromatic N) is 1. The third-order valence-electron chi connectivity index (χ3n) is 2.96. The molecule has 1 heterocycles. The average Bonchev–Trinajstić information content (AvgIpc) is 2.87. The zero-order chi connectivity index (χ0) is 16.8. The highest BCUT2D eigenvalue weighted by Crippen LogP contribution is 2.22. The lowest BCUT2D eigenvalue weighted by Gasteiger charge is -2.02. The molecule has 2 aromatic rings. The molecule has 6 heteroatoms. The fourth-order valence-electron chi connectivity index (χ4n) is 1.94. The van der Waals surface area contributed by atoms with Crippen molar-refractivity contribution in [3.05, 3.63) is 46.5 Å². The monoisotopic (exact) mass is 330 g/mol. The Morgan fingerprint density at radius 1 is 1.30 bits per heavy atom. The lowest BCUT2D eigenvalue weighted by Crippen LogP contribution is -2.07. The van der Waals surface area contributed by atoms with Crippen molar-refractivity contribution in [1.29, 1.82) is 0 Å². The van der Waals surface area contributed by atoms with E-state index in [0.29, 0.717) is 22.3 Å². The van der Waals surface area contributed by atoms with Crippen LogP contribution in [0.5, 0.6) is 5.75 Å². The summed E-state index contributed by atoms with van der Waals surface area (Å²) in [6.45, 7) is 5.78. The minimum Gasteiger partial charge on any atom is -0.494 e. The second-order valence-electron chi connectivity index (χ2n) is 4.81. The van der Waals surface area contributed by atoms with Gasteiger partial charge in [0, 0.05) is 13.0 Å². The van der Waals surface area contributed by atoms with Gasteiger partial charge in [0.05, 0.1) is 17.2 Å². The molecule has 120 valence electrons. The van der Waals surface area contributed by atoms with Crippen molar-refractivity contribution in [2.24, 2.45) is 0 Å². The predicted molar refractivity (Wildman–Crippen MR) is 92.1 cm³/mol. The van der Waals surface area contributed by atoms with Crippen LogP contribution >= 0.6 is 11.3 Å². The van der Waals surface area contributed by atoms with Crippen LogP contribution < -0.4 is 10.1 Å². The summed E-state index contributed by atoms with van der Waals surface area (Å²) in [5, 5.41) is 3.09. The lowest BCUT2D eigenvalue weighted by atomic mass is 10.2. The second-order valence-corrected chi connectivity index (χ2v) is 5.81. The highest BCUT2D eigenvalue weighted by atomic mass is 32.1. The molecule has 0 saturated heterocycles. The quantitative estimate of drug-likeness (QED) is 0.647. The number of carbonyl (C=O) groups excluding carboxylic acids is 2. The number of ether oxygens (including phenoxy) is 1. The van der Waals surface area contributed by atoms with E-state index in [9.17, 15) is 9.59 Å². The molecule has 0 atom stereocenters. The van der Waals surface area contributed by atoms with Gasteiger partial charge in [0.1, 0.15) is 5.75 Å². The number of anilines is 1. The van der Waals surface area contributed by atoms with E-state index in [0.717, 1.165) is 11.3 Å². The van der Waals surface area contributed by atoms with Gasteiger partial charge in [0.2, 0.25) is 5.91 Å². The maximum absolute atomic E-state index is 11.9. The van der Waals surface area contributed by atoms with Gasteiger partial charge in [-0.2, -0.15) is 0 Å². The van der Waals surface area contributed by atoms with Crippen molar-refractivity contribution in [2.45, 2.75) is 20.8 Å². The van der Waals surface area contributed by atoms with E-state index in [1.165, 1.54) is 24.3 Å². The van der Waals surface area contributed by atoms with Crippen LogP contribution in [-0.2, 0) is 4.79 Å². The molecular formula is C17H18N2O3S. The summed E-state index contributed by atoms with van der Waals surface area (Å²) in [5.74, 6) is 0.456. The van der Waals surface area contributed by atoms with E-state index in [2.05, 4.69) is 10.3 Å². The van der Waals surface area contributed by atoms with Crippen LogP contribution in [0.15, 0.2) is 30.3 Å². The lowest BCUT2D eigenvalue weighted by molar-refractivity contribution is -0.111. The maximum Gasteiger partial charge on any atom is 0.250 e. The third-order valence-corrected chi connectivity index (χ3v) is 4.14. The number of aryl methyl sites for hydroxylation is 1. The van der Waals surface area contributed by atoms with Gasteiger partial charge in [-0.3, -0.25) is 14.9 Å². The number of amides is 1. The van der Waals surface area contributed by atoms with Crippen LogP contribution in [0.1, 0.15) is 34.8 Å². The van der Waals surface area contributed by atoms with Crippen LogP contribution in [-0.4, -0.2) is 23.3 Å². The molecule has 1 aromatic carbocycles. The molecule has 0 aliphatic rings. The Bertz CT molecular complexity index is 733. The third kappa shape index (κ3) is 4.75. The van der Waals surface area contributed by atoms with Gasteiger partial charge in [-0.25, -0.2) is 4.98 Å². The smallest absolute Gasteiger partial charge is 0.250 e. The van der Waals surface area contributed by atoms with Crippen molar-refractivity contribution in [3.8, 4) is 5.75 Å². The molecule has 1 N–H and O–H groups in total. The Morgan fingerprint density at radius 3 is 2.57 bits per heavy atom. The van der Waals surface area contributed by atoms with Crippen molar-refractivity contribution in [2.75, 3.05) is 11.9 Å². The van der Waals surface area contributed by atoms with E-state index in [1.54, 1.807) is 13.0 Å². The van der Waals surface area contributed by atoms with E-state index in [-0.39, 0.29) is 11.7 Å². The zero-order valence-electron chi connectivity index (χ0n) is 13.3. The Balaban J connectivity index is 1.98. The first-order chi connectivity index (χ1) is 11.0. The van der Waals surface area contributed by atoms with E-state index >= 15 is 0 Å². The van der Waals surface area contributed by atoms with Crippen molar-refractivity contribution < 1.29 is 14.3 Å². The van der Waals surface area contributed by atoms with E-state index < -0.39 is 0 Å². The second kappa shape index (κ2) is 7.69. The Kier molecular flexibility index (Phi) is 5.65. The molecule has 5 nitrogen and oxygen atoms in total. The van der Waals surface area contributed by atoms with Crippen molar-refractivity contribution in [3.63, 3.8) is 0 Å². The van der Waals surface area contributed by atoms with Gasteiger partial charge in [0.25, 0.3) is 0 Å². The predicted octanol–water partition coefficient (Wildman–Crippen LogP) is 3.70. The number of benzene rings is 1. The fraction of sp³-hybridized carbons (Fsp3) is 0.235. The van der Waals surface area contributed by atoms with Crippen LogP contribution in [0, 0.1) is 6.92 Å². The van der Waals surface area contributed by atoms with Crippen molar-refractivity contribution >= 4 is 34.2 Å². The summed E-state index contributed by atoms with van der Waals surface area (Å²) >= 11 is 1.18. The summed E-state index contributed by atoms with van der Waals surface area (Å²) in [5.41, 5.74) is 1.52. The van der Waals surface area contributed by atoms with Crippen molar-refractivity contribution in [1.82, 2.24) is 4.98 Å². The number of aromatic nitrogens is 1. The molecular weight excluding hydrogens is 312 g/mol. The van der Waals surface area contributed by atoms with E-state index in [4.69, 9.17) is 4.74 Å². The summed E-state index contributed by atoms with van der Waals surface area (Å²) < 4.78 is 5.36. The largest absolute Gasteiger partial charge is 0.494 e. The van der Waals surface area contributed by atoms with Gasteiger partial charge in [-0.05, 0) is 37.6 Å². The highest BCUT2D eigenvalue weighted by Gasteiger charge is 2.12. The molecule has 2 rings (SSSR count). The minimum atomic E-state index is -0.289. The number of ketones is 1. The summed E-state index contributed by atoms with van der Waals surface area (Å²) in [6.07, 6.45) is 3.14. The highest BCUT2D eigenvalue weighted by molar-refractivity contribution is 7.17. The van der Waals surface area contributed by atoms with Gasteiger partial charge in [-0.1, -0.05) is 23.5 Å². The molecule has 0 radical (unpaired) electrons. The summed E-state index contributed by atoms with van der Waals surface area (Å²) in [4.78, 5) is 28.0. The Labute approximate surface area is 139 Å². The molecule has 0 spiro atoms. The van der Waals surface area contributed by atoms with Gasteiger partial charge >= 0.3 is 0 Å². The zero-order valence-corrected chi connectivity index (χ0v) is 14.1. The Hall–Kier alpha value is -2.47. The van der Waals surface area contributed by atoms with Gasteiger partial charge in [0.15, 0.2) is 10.9 Å². The number of hydrogen-bond donors (Lipinski definition) is 1. The first-order valence-corrected chi connectivity index (χ1v) is 8.01. The van der Waals surface area contributed by atoms with Crippen LogP contribution in [0.25, 0.3) is 6.08 Å². The van der Waals surface area contributed by atoms with E-state index in [1.807, 2.05) is 31.2 Å². The number of nitrogens with one attached hydrogen (secondary N) is 1. The van der Waals surface area contributed by atoms with Crippen LogP contribution in [0.3, 0.4) is 0 Å². The molecule has 23 heavy (non-hydrogen) atoms. The Morgan fingerprint density at radius 2 is 2.00 bits per heavy atom.